The van der Waals surface area contributed by atoms with E-state index in [-0.39, 0.29) is 0 Å². The highest BCUT2D eigenvalue weighted by Crippen LogP contribution is 2.48. The van der Waals surface area contributed by atoms with Gasteiger partial charge in [-0.05, 0) is 126 Å². The highest BCUT2D eigenvalue weighted by atomic mass is 32.1. The fourth-order valence-electron chi connectivity index (χ4n) is 12.7. The Hall–Kier alpha value is -8.87. The van der Waals surface area contributed by atoms with Gasteiger partial charge in [0.25, 0.3) is 0 Å². The molecule has 3 aromatic heterocycles. The Morgan fingerprint density at radius 3 is 1.86 bits per heavy atom. The minimum Gasteiger partial charge on any atom is -0.309 e. The van der Waals surface area contributed by atoms with E-state index in [9.17, 15) is 0 Å². The maximum atomic E-state index is 5.37. The molecule has 1 aliphatic rings. The first-order chi connectivity index (χ1) is 35.7. The maximum Gasteiger partial charge on any atom is 0.184 e. The van der Waals surface area contributed by atoms with Gasteiger partial charge in [-0.3, -0.25) is 4.90 Å². The van der Waals surface area contributed by atoms with Crippen LogP contribution in [-0.4, -0.2) is 17.6 Å². The van der Waals surface area contributed by atoms with E-state index < -0.39 is 8.07 Å². The van der Waals surface area contributed by atoms with E-state index >= 15 is 0 Å². The van der Waals surface area contributed by atoms with E-state index in [0.29, 0.717) is 0 Å². The Bertz CT molecular complexity index is 4670. The molecule has 0 saturated heterocycles. The van der Waals surface area contributed by atoms with E-state index in [1.807, 2.05) is 11.3 Å². The molecule has 0 saturated carbocycles. The molecule has 4 heterocycles. The molecule has 334 valence electrons. The minimum atomic E-state index is -2.97. The van der Waals surface area contributed by atoms with E-state index in [0.717, 1.165) is 16.7 Å². The first-order valence-corrected chi connectivity index (χ1v) is 27.6. The van der Waals surface area contributed by atoms with Crippen LogP contribution in [0.2, 0.25) is 0 Å². The Balaban J connectivity index is 0.958. The molecule has 12 aromatic carbocycles. The van der Waals surface area contributed by atoms with Crippen molar-refractivity contribution in [2.45, 2.75) is 0 Å². The Morgan fingerprint density at radius 1 is 0.347 bits per heavy atom. The van der Waals surface area contributed by atoms with Crippen molar-refractivity contribution in [1.29, 1.82) is 0 Å². The summed E-state index contributed by atoms with van der Waals surface area (Å²) in [5, 5.41) is 19.5. The van der Waals surface area contributed by atoms with Crippen LogP contribution >= 0.6 is 11.3 Å². The summed E-state index contributed by atoms with van der Waals surface area (Å²) in [6.45, 7) is 0. The molecule has 0 spiro atoms. The SMILES string of the molecule is c1ccc([Si]2(c3ccccc3)c3ccccc3N(c3ccc4ccccc4n3)c3ccc(-c4ccc5c(c4)c4ccccc4n5-c4cc5c6c(cc7ccc8cccc4c8c75)sc4ccccc46)cc32)cc1. The Labute approximate surface area is 420 Å². The van der Waals surface area contributed by atoms with Gasteiger partial charge in [0, 0.05) is 53.1 Å². The van der Waals surface area contributed by atoms with Gasteiger partial charge in [-0.1, -0.05) is 182 Å². The zero-order valence-electron chi connectivity index (χ0n) is 38.9. The fourth-order valence-corrected chi connectivity index (χ4v) is 19.0. The average molecular weight is 948 g/mol. The van der Waals surface area contributed by atoms with Crippen LogP contribution in [0.5, 0.6) is 0 Å². The smallest absolute Gasteiger partial charge is 0.184 e. The number of para-hydroxylation sites is 3. The number of rotatable bonds is 5. The molecule has 3 nitrogen and oxygen atoms in total. The van der Waals surface area contributed by atoms with E-state index in [1.54, 1.807) is 0 Å². The zero-order valence-corrected chi connectivity index (χ0v) is 40.7. The molecule has 0 aliphatic carbocycles. The third-order valence-corrected chi connectivity index (χ3v) is 21.7. The number of anilines is 3. The largest absolute Gasteiger partial charge is 0.309 e. The lowest BCUT2D eigenvalue weighted by Gasteiger charge is -2.44. The lowest BCUT2D eigenvalue weighted by Crippen LogP contribution is -2.77. The van der Waals surface area contributed by atoms with Crippen molar-refractivity contribution in [2.75, 3.05) is 4.90 Å². The monoisotopic (exact) mass is 947 g/mol. The predicted octanol–water partition coefficient (Wildman–Crippen LogP) is 15.4. The summed E-state index contributed by atoms with van der Waals surface area (Å²) in [5.74, 6) is 0.910. The van der Waals surface area contributed by atoms with E-state index in [4.69, 9.17) is 4.98 Å². The normalized spacial score (nSPS) is 13.4. The standard InChI is InChI=1S/C67H41N3SSi/c1-3-18-47(19-4-1)72(48-20-5-2-6-21-48)62-29-14-12-27-57(62)70(64-37-34-42-16-7-10-25-54(42)68-64)58-36-33-45(40-63(58)72)44-32-35-56-52(38-44)49-22-8-11-26-55(49)69(56)59-41-53-66-46(31-30-43-17-15-24-50(59)65(43)66)39-61-67(53)51-23-9-13-28-60(51)71-61/h1-41H. The van der Waals surface area contributed by atoms with Crippen molar-refractivity contribution in [3.05, 3.63) is 249 Å². The minimum absolute atomic E-state index is 0.910. The zero-order chi connectivity index (χ0) is 47.1. The molecule has 16 rings (SSSR count). The molecule has 0 N–H and O–H groups in total. The molecule has 0 atom stereocenters. The third kappa shape index (κ3) is 5.46. The van der Waals surface area contributed by atoms with Crippen LogP contribution in [0.3, 0.4) is 0 Å². The average Bonchev–Trinajstić information content (AvgIpc) is 3.99. The number of pyridine rings is 1. The molecule has 15 aromatic rings. The van der Waals surface area contributed by atoms with Gasteiger partial charge in [-0.15, -0.1) is 11.3 Å². The first-order valence-electron chi connectivity index (χ1n) is 24.8. The van der Waals surface area contributed by atoms with Crippen LogP contribution in [0.1, 0.15) is 0 Å². The summed E-state index contributed by atoms with van der Waals surface area (Å²) in [5.41, 5.74) is 9.30. The van der Waals surface area contributed by atoms with Crippen molar-refractivity contribution >= 4 is 143 Å². The van der Waals surface area contributed by atoms with Crippen LogP contribution in [-0.2, 0) is 0 Å². The van der Waals surface area contributed by atoms with Crippen molar-refractivity contribution in [3.63, 3.8) is 0 Å². The van der Waals surface area contributed by atoms with Crippen LogP contribution in [0.25, 0.3) is 102 Å². The maximum absolute atomic E-state index is 5.37. The van der Waals surface area contributed by atoms with Gasteiger partial charge in [0.15, 0.2) is 8.07 Å². The van der Waals surface area contributed by atoms with Crippen molar-refractivity contribution < 1.29 is 0 Å². The highest BCUT2D eigenvalue weighted by Gasteiger charge is 2.49. The second-order valence-electron chi connectivity index (χ2n) is 19.4. The van der Waals surface area contributed by atoms with Gasteiger partial charge >= 0.3 is 0 Å². The lowest BCUT2D eigenvalue weighted by atomic mass is 9.91. The summed E-state index contributed by atoms with van der Waals surface area (Å²) < 4.78 is 5.20. The number of fused-ring (bicyclic) bond motifs is 10. The summed E-state index contributed by atoms with van der Waals surface area (Å²) in [6, 6.07) is 93.2. The van der Waals surface area contributed by atoms with Crippen LogP contribution in [0.4, 0.5) is 17.2 Å². The van der Waals surface area contributed by atoms with Crippen LogP contribution in [0, 0.1) is 0 Å². The molecular weight excluding hydrogens is 907 g/mol. The van der Waals surface area contributed by atoms with Gasteiger partial charge in [0.2, 0.25) is 0 Å². The number of hydrogen-bond acceptors (Lipinski definition) is 3. The second-order valence-corrected chi connectivity index (χ2v) is 24.2. The number of thiophene rings is 1. The first kappa shape index (κ1) is 39.9. The van der Waals surface area contributed by atoms with Crippen LogP contribution in [0.15, 0.2) is 249 Å². The fraction of sp³-hybridized carbons (Fsp3) is 0. The second kappa shape index (κ2) is 15.1. The summed E-state index contributed by atoms with van der Waals surface area (Å²) in [6.07, 6.45) is 0. The van der Waals surface area contributed by atoms with Crippen molar-refractivity contribution in [3.8, 4) is 16.8 Å². The number of aromatic nitrogens is 2. The third-order valence-electron chi connectivity index (χ3n) is 15.7. The number of benzene rings is 12. The topological polar surface area (TPSA) is 21.1 Å². The van der Waals surface area contributed by atoms with E-state index in [2.05, 4.69) is 258 Å². The molecule has 0 amide bonds. The highest BCUT2D eigenvalue weighted by molar-refractivity contribution is 7.26. The van der Waals surface area contributed by atoms with Crippen molar-refractivity contribution in [1.82, 2.24) is 9.55 Å². The quantitative estimate of drug-likeness (QED) is 0.127. The summed E-state index contributed by atoms with van der Waals surface area (Å²) >= 11 is 1.90. The Kier molecular flexibility index (Phi) is 8.35. The molecule has 0 fully saturated rings. The van der Waals surface area contributed by atoms with Gasteiger partial charge < -0.3 is 4.57 Å². The summed E-state index contributed by atoms with van der Waals surface area (Å²) in [4.78, 5) is 7.79. The summed E-state index contributed by atoms with van der Waals surface area (Å²) in [7, 11) is -2.97. The molecule has 1 aliphatic heterocycles. The van der Waals surface area contributed by atoms with Gasteiger partial charge in [-0.25, -0.2) is 4.98 Å². The molecule has 72 heavy (non-hydrogen) atoms. The molecule has 5 heteroatoms. The number of nitrogens with zero attached hydrogens (tertiary/aromatic N) is 3. The van der Waals surface area contributed by atoms with Gasteiger partial charge in [0.05, 0.1) is 22.2 Å². The van der Waals surface area contributed by atoms with Crippen LogP contribution < -0.4 is 25.6 Å². The molecule has 0 unspecified atom stereocenters. The molecular formula is C67H41N3SSi. The Morgan fingerprint density at radius 2 is 0.986 bits per heavy atom. The van der Waals surface area contributed by atoms with E-state index in [1.165, 1.54) is 123 Å². The lowest BCUT2D eigenvalue weighted by molar-refractivity contribution is 1.20. The molecule has 0 radical (unpaired) electrons. The van der Waals surface area contributed by atoms with Gasteiger partial charge in [-0.2, -0.15) is 0 Å². The predicted molar refractivity (Wildman–Crippen MR) is 310 cm³/mol. The number of hydrogen-bond donors (Lipinski definition) is 0. The van der Waals surface area contributed by atoms with Crippen molar-refractivity contribution in [2.24, 2.45) is 0 Å². The van der Waals surface area contributed by atoms with Gasteiger partial charge in [0.1, 0.15) is 5.82 Å². The molecule has 0 bridgehead atoms.